The van der Waals surface area contributed by atoms with Gasteiger partial charge in [-0.05, 0) is 42.4 Å². The molecule has 3 nitrogen and oxygen atoms in total. The summed E-state index contributed by atoms with van der Waals surface area (Å²) in [6.07, 6.45) is 0. The first-order chi connectivity index (χ1) is 11.1. The van der Waals surface area contributed by atoms with Gasteiger partial charge < -0.3 is 4.74 Å². The van der Waals surface area contributed by atoms with Crippen molar-refractivity contribution < 1.29 is 9.53 Å². The predicted octanol–water partition coefficient (Wildman–Crippen LogP) is 4.96. The van der Waals surface area contributed by atoms with E-state index in [1.54, 1.807) is 24.3 Å². The fourth-order valence-electron chi connectivity index (χ4n) is 2.38. The lowest BCUT2D eigenvalue weighted by molar-refractivity contribution is 0.0471. The molecule has 0 radical (unpaired) electrons. The lowest BCUT2D eigenvalue weighted by Gasteiger charge is -2.20. The largest absolute Gasteiger partial charge is 0.457 e. The number of halogens is 2. The minimum absolute atomic E-state index is 0. The molecule has 0 spiro atoms. The average molecular weight is 368 g/mol. The second kappa shape index (κ2) is 10.3. The smallest absolute Gasteiger partial charge is 0.338 e. The van der Waals surface area contributed by atoms with Gasteiger partial charge in [0, 0.05) is 11.6 Å². The summed E-state index contributed by atoms with van der Waals surface area (Å²) in [5.74, 6) is -0.356. The Balaban J connectivity index is 0.00000288. The van der Waals surface area contributed by atoms with E-state index in [4.69, 9.17) is 16.3 Å². The van der Waals surface area contributed by atoms with E-state index < -0.39 is 0 Å². The lowest BCUT2D eigenvalue weighted by atomic mass is 10.1. The molecule has 5 heteroatoms. The fourth-order valence-corrected chi connectivity index (χ4v) is 2.57. The van der Waals surface area contributed by atoms with Crippen molar-refractivity contribution in [2.24, 2.45) is 0 Å². The van der Waals surface area contributed by atoms with Gasteiger partial charge in [0.15, 0.2) is 0 Å². The van der Waals surface area contributed by atoms with Gasteiger partial charge in [-0.2, -0.15) is 0 Å². The number of benzene rings is 2. The van der Waals surface area contributed by atoms with E-state index in [9.17, 15) is 4.79 Å². The summed E-state index contributed by atoms with van der Waals surface area (Å²) >= 11 is 5.91. The van der Waals surface area contributed by atoms with Crippen LogP contribution in [-0.4, -0.2) is 24.0 Å². The first kappa shape index (κ1) is 20.5. The molecule has 0 heterocycles. The van der Waals surface area contributed by atoms with Gasteiger partial charge in [-0.15, -0.1) is 12.4 Å². The molecule has 2 rings (SSSR count). The molecular formula is C19H23Cl2NO2. The third-order valence-electron chi connectivity index (χ3n) is 3.83. The number of hydrogen-bond acceptors (Lipinski definition) is 3. The van der Waals surface area contributed by atoms with Crippen molar-refractivity contribution in [1.29, 1.82) is 0 Å². The summed E-state index contributed by atoms with van der Waals surface area (Å²) in [5.41, 5.74) is 2.70. The monoisotopic (exact) mass is 367 g/mol. The highest BCUT2D eigenvalue weighted by Crippen LogP contribution is 2.16. The Labute approximate surface area is 155 Å². The van der Waals surface area contributed by atoms with Crippen LogP contribution in [-0.2, 0) is 17.9 Å². The zero-order chi connectivity index (χ0) is 16.7. The molecule has 130 valence electrons. The Morgan fingerprint density at radius 2 is 1.71 bits per heavy atom. The van der Waals surface area contributed by atoms with Gasteiger partial charge in [-0.3, -0.25) is 4.90 Å². The third kappa shape index (κ3) is 5.82. The van der Waals surface area contributed by atoms with E-state index in [0.29, 0.717) is 10.6 Å². The van der Waals surface area contributed by atoms with Crippen LogP contribution >= 0.6 is 24.0 Å². The van der Waals surface area contributed by atoms with E-state index in [2.05, 4.69) is 24.8 Å². The molecule has 2 aromatic carbocycles. The van der Waals surface area contributed by atoms with E-state index in [-0.39, 0.29) is 25.0 Å². The molecule has 2 aromatic rings. The number of ether oxygens (including phenoxy) is 1. The molecule has 0 aromatic heterocycles. The van der Waals surface area contributed by atoms with Crippen molar-refractivity contribution in [2.45, 2.75) is 27.0 Å². The molecule has 0 aliphatic carbocycles. The topological polar surface area (TPSA) is 29.5 Å². The van der Waals surface area contributed by atoms with Gasteiger partial charge >= 0.3 is 5.97 Å². The molecule has 0 bridgehead atoms. The SMILES string of the molecule is CCN(CC)Cc1ccccc1COC(=O)c1cccc(Cl)c1.Cl. The first-order valence-corrected chi connectivity index (χ1v) is 8.23. The summed E-state index contributed by atoms with van der Waals surface area (Å²) < 4.78 is 5.44. The van der Waals surface area contributed by atoms with Gasteiger partial charge in [0.1, 0.15) is 6.61 Å². The molecule has 0 saturated carbocycles. The highest BCUT2D eigenvalue weighted by Gasteiger charge is 2.11. The number of esters is 1. The Morgan fingerprint density at radius 3 is 2.33 bits per heavy atom. The molecule has 0 amide bonds. The van der Waals surface area contributed by atoms with Crippen molar-refractivity contribution >= 4 is 30.0 Å². The quantitative estimate of drug-likeness (QED) is 0.647. The van der Waals surface area contributed by atoms with Crippen LogP contribution in [0, 0.1) is 0 Å². The zero-order valence-corrected chi connectivity index (χ0v) is 15.6. The lowest BCUT2D eigenvalue weighted by Crippen LogP contribution is -2.23. The molecule has 0 aliphatic heterocycles. The van der Waals surface area contributed by atoms with Crippen molar-refractivity contribution in [2.75, 3.05) is 13.1 Å². The maximum absolute atomic E-state index is 12.1. The molecule has 0 atom stereocenters. The predicted molar refractivity (Wildman–Crippen MR) is 101 cm³/mol. The number of carbonyl (C=O) groups excluding carboxylic acids is 1. The second-order valence-electron chi connectivity index (χ2n) is 5.32. The van der Waals surface area contributed by atoms with E-state index in [0.717, 1.165) is 25.2 Å². The highest BCUT2D eigenvalue weighted by atomic mass is 35.5. The van der Waals surface area contributed by atoms with E-state index in [1.165, 1.54) is 5.56 Å². The van der Waals surface area contributed by atoms with Crippen molar-refractivity contribution in [3.63, 3.8) is 0 Å². The zero-order valence-electron chi connectivity index (χ0n) is 14.0. The normalized spacial score (nSPS) is 10.3. The van der Waals surface area contributed by atoms with Gasteiger partial charge in [0.2, 0.25) is 0 Å². The van der Waals surface area contributed by atoms with Crippen LogP contribution in [0.4, 0.5) is 0 Å². The number of carbonyl (C=O) groups is 1. The van der Waals surface area contributed by atoms with Crippen molar-refractivity contribution in [3.05, 3.63) is 70.2 Å². The minimum atomic E-state index is -0.356. The molecule has 24 heavy (non-hydrogen) atoms. The Kier molecular flexibility index (Phi) is 8.83. The van der Waals surface area contributed by atoms with Gasteiger partial charge in [0.25, 0.3) is 0 Å². The van der Waals surface area contributed by atoms with Crippen LogP contribution in [0.3, 0.4) is 0 Å². The summed E-state index contributed by atoms with van der Waals surface area (Å²) in [4.78, 5) is 14.5. The van der Waals surface area contributed by atoms with Gasteiger partial charge in [0.05, 0.1) is 5.56 Å². The van der Waals surface area contributed by atoms with Crippen molar-refractivity contribution in [1.82, 2.24) is 4.90 Å². The third-order valence-corrected chi connectivity index (χ3v) is 4.06. The molecule has 0 saturated heterocycles. The molecule has 0 unspecified atom stereocenters. The summed E-state index contributed by atoms with van der Waals surface area (Å²) in [5, 5.41) is 0.529. The van der Waals surface area contributed by atoms with E-state index in [1.807, 2.05) is 18.2 Å². The Morgan fingerprint density at radius 1 is 1.04 bits per heavy atom. The standard InChI is InChI=1S/C19H22ClNO2.ClH/c1-3-21(4-2)13-16-8-5-6-9-17(16)14-23-19(22)15-10-7-11-18(20)12-15;/h5-12H,3-4,13-14H2,1-2H3;1H. The van der Waals surface area contributed by atoms with Crippen LogP contribution in [0.25, 0.3) is 0 Å². The van der Waals surface area contributed by atoms with Gasteiger partial charge in [-0.1, -0.05) is 55.8 Å². The number of hydrogen-bond donors (Lipinski definition) is 0. The summed E-state index contributed by atoms with van der Waals surface area (Å²) in [7, 11) is 0. The number of nitrogens with zero attached hydrogens (tertiary/aromatic N) is 1. The molecular weight excluding hydrogens is 345 g/mol. The second-order valence-corrected chi connectivity index (χ2v) is 5.75. The number of rotatable bonds is 7. The maximum Gasteiger partial charge on any atom is 0.338 e. The van der Waals surface area contributed by atoms with Crippen LogP contribution in [0.5, 0.6) is 0 Å². The van der Waals surface area contributed by atoms with Crippen LogP contribution in [0.2, 0.25) is 5.02 Å². The Hall–Kier alpha value is -1.55. The Bertz CT molecular complexity index is 657. The molecule has 0 aliphatic rings. The summed E-state index contributed by atoms with van der Waals surface area (Å²) in [6, 6.07) is 14.9. The van der Waals surface area contributed by atoms with Gasteiger partial charge in [-0.25, -0.2) is 4.79 Å². The summed E-state index contributed by atoms with van der Waals surface area (Å²) in [6.45, 7) is 7.40. The van der Waals surface area contributed by atoms with E-state index >= 15 is 0 Å². The van der Waals surface area contributed by atoms with Crippen molar-refractivity contribution in [3.8, 4) is 0 Å². The first-order valence-electron chi connectivity index (χ1n) is 7.85. The molecule has 0 fully saturated rings. The minimum Gasteiger partial charge on any atom is -0.457 e. The maximum atomic E-state index is 12.1. The van der Waals surface area contributed by atoms with Crippen LogP contribution in [0.1, 0.15) is 35.3 Å². The van der Waals surface area contributed by atoms with Crippen LogP contribution < -0.4 is 0 Å². The molecule has 0 N–H and O–H groups in total. The average Bonchev–Trinajstić information content (AvgIpc) is 2.58. The fraction of sp³-hybridized carbons (Fsp3) is 0.316. The van der Waals surface area contributed by atoms with Crippen LogP contribution in [0.15, 0.2) is 48.5 Å². The highest BCUT2D eigenvalue weighted by molar-refractivity contribution is 6.30.